The predicted octanol–water partition coefficient (Wildman–Crippen LogP) is 4.52. The van der Waals surface area contributed by atoms with Crippen molar-refractivity contribution in [1.29, 1.82) is 0 Å². The largest absolute Gasteiger partial charge is 0.354 e. The van der Waals surface area contributed by atoms with Crippen LogP contribution in [0.15, 0.2) is 65.4 Å². The Balaban J connectivity index is 0.00000228. The molecule has 1 amide bonds. The van der Waals surface area contributed by atoms with E-state index in [1.54, 1.807) is 12.4 Å². The van der Waals surface area contributed by atoms with E-state index >= 15 is 0 Å². The van der Waals surface area contributed by atoms with Gasteiger partial charge in [-0.1, -0.05) is 35.5 Å². The summed E-state index contributed by atoms with van der Waals surface area (Å²) in [7, 11) is 1.85. The molecular weight excluding hydrogens is 428 g/mol. The highest BCUT2D eigenvalue weighted by atomic mass is 16.5. The van der Waals surface area contributed by atoms with Crippen LogP contribution in [0.3, 0.4) is 0 Å². The lowest BCUT2D eigenvalue weighted by Gasteiger charge is -2.23. The van der Waals surface area contributed by atoms with Gasteiger partial charge in [0.2, 0.25) is 5.91 Å². The molecular formula is C26H34N6O2. The van der Waals surface area contributed by atoms with Crippen molar-refractivity contribution >= 4 is 5.91 Å². The number of rotatable bonds is 8. The zero-order valence-electron chi connectivity index (χ0n) is 19.8. The summed E-state index contributed by atoms with van der Waals surface area (Å²) in [5.74, 6) is 0.461. The fourth-order valence-corrected chi connectivity index (χ4v) is 3.52. The smallest absolute Gasteiger partial charge is 0.231 e. The first kappa shape index (κ1) is 23.3. The molecule has 0 radical (unpaired) electrons. The topological polar surface area (TPSA) is 106 Å². The summed E-state index contributed by atoms with van der Waals surface area (Å²) < 4.78 is 5.61. The standard InChI is InChI=1S/C26H28N6O2.3H2/c1-17-24(22-15-20(32-34-22)18-8-6-5-7-9-18)31-21(16-30-17)19-10-11-28-23(14-19)26(2,3)25(33)29-13-12-27-4;;;/h5-11,14-16,27H,12-13H2,1-4H3,(H,29,33);3*1H. The predicted molar refractivity (Wildman–Crippen MR) is 137 cm³/mol. The van der Waals surface area contributed by atoms with Crippen LogP contribution >= 0.6 is 0 Å². The number of likely N-dealkylation sites (N-methyl/N-ethyl adjacent to an activating group) is 1. The van der Waals surface area contributed by atoms with Crippen molar-refractivity contribution in [2.24, 2.45) is 0 Å². The highest BCUT2D eigenvalue weighted by Gasteiger charge is 2.31. The van der Waals surface area contributed by atoms with Gasteiger partial charge in [-0.3, -0.25) is 14.8 Å². The van der Waals surface area contributed by atoms with E-state index in [9.17, 15) is 4.79 Å². The number of benzene rings is 1. The van der Waals surface area contributed by atoms with Gasteiger partial charge in [0.15, 0.2) is 5.76 Å². The van der Waals surface area contributed by atoms with Gasteiger partial charge in [-0.05, 0) is 40.0 Å². The average molecular weight is 463 g/mol. The fourth-order valence-electron chi connectivity index (χ4n) is 3.52. The Labute approximate surface area is 203 Å². The van der Waals surface area contributed by atoms with Crippen molar-refractivity contribution in [1.82, 2.24) is 30.7 Å². The molecule has 0 bridgehead atoms. The Kier molecular flexibility index (Phi) is 6.79. The van der Waals surface area contributed by atoms with E-state index in [1.165, 1.54) is 0 Å². The molecule has 2 N–H and O–H groups in total. The SMILES string of the molecule is CNCCNC(=O)C(C)(C)c1cc(-c2cnc(C)c(-c3cc(-c4ccccc4)no3)n2)ccn1.[HH].[HH].[HH]. The van der Waals surface area contributed by atoms with Crippen LogP contribution < -0.4 is 10.6 Å². The van der Waals surface area contributed by atoms with E-state index in [1.807, 2.05) is 76.3 Å². The van der Waals surface area contributed by atoms with E-state index < -0.39 is 5.41 Å². The second-order valence-corrected chi connectivity index (χ2v) is 8.55. The molecule has 0 aliphatic carbocycles. The van der Waals surface area contributed by atoms with Crippen LogP contribution in [0.2, 0.25) is 0 Å². The third kappa shape index (κ3) is 4.87. The Morgan fingerprint density at radius 2 is 1.82 bits per heavy atom. The highest BCUT2D eigenvalue weighted by Crippen LogP contribution is 2.30. The van der Waals surface area contributed by atoms with Crippen LogP contribution in [-0.2, 0) is 10.2 Å². The molecule has 8 heteroatoms. The number of amides is 1. The molecule has 180 valence electrons. The van der Waals surface area contributed by atoms with Gasteiger partial charge in [0.1, 0.15) is 11.4 Å². The molecule has 3 heterocycles. The number of aryl methyl sites for hydroxylation is 1. The quantitative estimate of drug-likeness (QED) is 0.371. The number of pyridine rings is 1. The van der Waals surface area contributed by atoms with E-state index in [0.29, 0.717) is 35.9 Å². The molecule has 34 heavy (non-hydrogen) atoms. The lowest BCUT2D eigenvalue weighted by atomic mass is 9.86. The lowest BCUT2D eigenvalue weighted by molar-refractivity contribution is -0.125. The Bertz CT molecular complexity index is 1300. The minimum Gasteiger partial charge on any atom is -0.354 e. The molecule has 0 aliphatic heterocycles. The Hall–Kier alpha value is -3.91. The number of aromatic nitrogens is 4. The second-order valence-electron chi connectivity index (χ2n) is 8.55. The minimum atomic E-state index is -0.805. The fraction of sp³-hybridized carbons (Fsp3) is 0.269. The van der Waals surface area contributed by atoms with Crippen molar-refractivity contribution in [2.75, 3.05) is 20.1 Å². The van der Waals surface area contributed by atoms with Gasteiger partial charge in [-0.25, -0.2) is 4.98 Å². The summed E-state index contributed by atoms with van der Waals surface area (Å²) in [5, 5.41) is 10.2. The zero-order valence-corrected chi connectivity index (χ0v) is 19.8. The number of nitrogens with one attached hydrogen (secondary N) is 2. The molecule has 0 unspecified atom stereocenters. The molecule has 4 aromatic rings. The van der Waals surface area contributed by atoms with Gasteiger partial charge < -0.3 is 15.2 Å². The molecule has 4 rings (SSSR count). The average Bonchev–Trinajstić information content (AvgIpc) is 3.35. The van der Waals surface area contributed by atoms with Crippen molar-refractivity contribution in [3.05, 3.63) is 72.3 Å². The summed E-state index contributed by atoms with van der Waals surface area (Å²) in [4.78, 5) is 26.6. The maximum absolute atomic E-state index is 12.8. The molecule has 3 aromatic heterocycles. The Morgan fingerprint density at radius 1 is 1.03 bits per heavy atom. The Morgan fingerprint density at radius 3 is 2.59 bits per heavy atom. The van der Waals surface area contributed by atoms with Gasteiger partial charge in [0, 0.05) is 40.8 Å². The third-order valence-corrected chi connectivity index (χ3v) is 5.69. The molecule has 0 fully saturated rings. The first-order valence-electron chi connectivity index (χ1n) is 11.2. The van der Waals surface area contributed by atoms with Gasteiger partial charge in [0.05, 0.1) is 28.7 Å². The maximum Gasteiger partial charge on any atom is 0.231 e. The number of hydrogen-bond acceptors (Lipinski definition) is 7. The first-order valence-corrected chi connectivity index (χ1v) is 11.2. The van der Waals surface area contributed by atoms with Gasteiger partial charge >= 0.3 is 0 Å². The van der Waals surface area contributed by atoms with Crippen LogP contribution in [0.5, 0.6) is 0 Å². The molecule has 0 aliphatic rings. The summed E-state index contributed by atoms with van der Waals surface area (Å²) in [6.45, 7) is 6.85. The molecule has 8 nitrogen and oxygen atoms in total. The summed E-state index contributed by atoms with van der Waals surface area (Å²) >= 11 is 0. The van der Waals surface area contributed by atoms with Crippen molar-refractivity contribution in [3.8, 4) is 34.0 Å². The van der Waals surface area contributed by atoms with E-state index in [0.717, 1.165) is 22.5 Å². The van der Waals surface area contributed by atoms with Crippen molar-refractivity contribution < 1.29 is 13.6 Å². The van der Waals surface area contributed by atoms with Gasteiger partial charge in [-0.2, -0.15) is 0 Å². The van der Waals surface area contributed by atoms with E-state index in [4.69, 9.17) is 9.51 Å². The van der Waals surface area contributed by atoms with Gasteiger partial charge in [-0.15, -0.1) is 0 Å². The number of carbonyl (C=O) groups excluding carboxylic acids is 1. The molecule has 1 aromatic carbocycles. The molecule has 0 saturated heterocycles. The summed E-state index contributed by atoms with van der Waals surface area (Å²) in [6.07, 6.45) is 3.41. The van der Waals surface area contributed by atoms with E-state index in [-0.39, 0.29) is 10.2 Å². The van der Waals surface area contributed by atoms with Gasteiger partial charge in [0.25, 0.3) is 0 Å². The monoisotopic (exact) mass is 462 g/mol. The second kappa shape index (κ2) is 9.93. The first-order chi connectivity index (χ1) is 16.4. The molecule has 0 spiro atoms. The van der Waals surface area contributed by atoms with Crippen molar-refractivity contribution in [2.45, 2.75) is 26.2 Å². The van der Waals surface area contributed by atoms with Crippen molar-refractivity contribution in [3.63, 3.8) is 0 Å². The number of nitrogens with zero attached hydrogens (tertiary/aromatic N) is 4. The zero-order chi connectivity index (χ0) is 24.1. The maximum atomic E-state index is 12.8. The molecule has 0 atom stereocenters. The summed E-state index contributed by atoms with van der Waals surface area (Å²) in [6, 6.07) is 15.4. The van der Waals surface area contributed by atoms with Crippen LogP contribution in [-0.4, -0.2) is 46.2 Å². The minimum absolute atomic E-state index is 0. The normalized spacial score (nSPS) is 11.4. The summed E-state index contributed by atoms with van der Waals surface area (Å²) in [5.41, 5.74) is 4.38. The highest BCUT2D eigenvalue weighted by molar-refractivity contribution is 5.87. The number of hydrogen-bond donors (Lipinski definition) is 2. The van der Waals surface area contributed by atoms with Crippen LogP contribution in [0.4, 0.5) is 0 Å². The molecule has 0 saturated carbocycles. The third-order valence-electron chi connectivity index (χ3n) is 5.69. The lowest BCUT2D eigenvalue weighted by Crippen LogP contribution is -2.42. The van der Waals surface area contributed by atoms with Crippen LogP contribution in [0.1, 0.15) is 29.5 Å². The number of carbonyl (C=O) groups is 1. The van der Waals surface area contributed by atoms with Crippen LogP contribution in [0.25, 0.3) is 34.0 Å². The van der Waals surface area contributed by atoms with Crippen LogP contribution in [0, 0.1) is 6.92 Å². The van der Waals surface area contributed by atoms with E-state index in [2.05, 4.69) is 25.8 Å².